The lowest BCUT2D eigenvalue weighted by Gasteiger charge is -2.18. The molecule has 3 amide bonds. The summed E-state index contributed by atoms with van der Waals surface area (Å²) in [6.07, 6.45) is 0. The van der Waals surface area contributed by atoms with Crippen molar-refractivity contribution in [2.45, 2.75) is 19.0 Å². The van der Waals surface area contributed by atoms with Gasteiger partial charge in [-0.3, -0.25) is 9.69 Å². The number of benzene rings is 1. The Balaban J connectivity index is 1.42. The van der Waals surface area contributed by atoms with Crippen LogP contribution in [0.15, 0.2) is 57.6 Å². The molecule has 8 heteroatoms. The highest BCUT2D eigenvalue weighted by atomic mass is 32.1. The first-order chi connectivity index (χ1) is 13.5. The van der Waals surface area contributed by atoms with Crippen LogP contribution in [0.3, 0.4) is 0 Å². The minimum Gasteiger partial charge on any atom is -0.458 e. The highest BCUT2D eigenvalue weighted by molar-refractivity contribution is 7.20. The van der Waals surface area contributed by atoms with Crippen LogP contribution < -0.4 is 5.32 Å². The van der Waals surface area contributed by atoms with Crippen LogP contribution in [-0.2, 0) is 16.9 Å². The third-order valence-electron chi connectivity index (χ3n) is 4.80. The summed E-state index contributed by atoms with van der Waals surface area (Å²) in [6.45, 7) is 1.80. The third-order valence-corrected chi connectivity index (χ3v) is 6.73. The van der Waals surface area contributed by atoms with E-state index in [1.165, 1.54) is 16.2 Å². The molecule has 1 aliphatic rings. The minimum atomic E-state index is -1.23. The van der Waals surface area contributed by atoms with Crippen molar-refractivity contribution >= 4 is 45.6 Å². The fraction of sp³-hybridized carbons (Fsp3) is 0.150. The van der Waals surface area contributed by atoms with Crippen molar-refractivity contribution in [3.8, 4) is 9.88 Å². The highest BCUT2D eigenvalue weighted by Gasteiger charge is 2.51. The number of nitrogens with one attached hydrogen (secondary N) is 1. The number of amides is 3. The Bertz CT molecular complexity index is 1160. The standard InChI is InChI=1S/C20H15N3O3S2/c1-20(16-9-12-5-2-3-6-14(12)26-16)18(24)23(19(25)22-20)10-13-11-28-17(21-13)15-7-4-8-27-15/h2-9,11H,10H2,1H3,(H,22,25)/t20-/m0/s1. The summed E-state index contributed by atoms with van der Waals surface area (Å²) in [5.41, 5.74) is 0.132. The van der Waals surface area contributed by atoms with Gasteiger partial charge in [0.15, 0.2) is 5.54 Å². The molecule has 0 saturated carbocycles. The van der Waals surface area contributed by atoms with Gasteiger partial charge in [0.25, 0.3) is 5.91 Å². The van der Waals surface area contributed by atoms with Gasteiger partial charge in [0.1, 0.15) is 16.4 Å². The zero-order chi connectivity index (χ0) is 19.3. The van der Waals surface area contributed by atoms with Crippen LogP contribution in [0.25, 0.3) is 20.9 Å². The lowest BCUT2D eigenvalue weighted by Crippen LogP contribution is -2.40. The maximum atomic E-state index is 13.1. The van der Waals surface area contributed by atoms with Gasteiger partial charge in [-0.2, -0.15) is 0 Å². The normalized spacial score (nSPS) is 19.5. The SMILES string of the molecule is C[C@@]1(c2cc3ccccc3o2)NC(=O)N(Cc2csc(-c3cccs3)n2)C1=O. The summed E-state index contributed by atoms with van der Waals surface area (Å²) in [5.74, 6) is 0.0781. The number of aromatic nitrogens is 1. The molecule has 0 aliphatic carbocycles. The van der Waals surface area contributed by atoms with Crippen LogP contribution in [0.2, 0.25) is 0 Å². The van der Waals surface area contributed by atoms with Gasteiger partial charge in [0, 0.05) is 10.8 Å². The molecule has 0 spiro atoms. The van der Waals surface area contributed by atoms with E-state index in [0.717, 1.165) is 15.3 Å². The molecule has 3 aromatic heterocycles. The minimum absolute atomic E-state index is 0.127. The molecule has 4 heterocycles. The van der Waals surface area contributed by atoms with Gasteiger partial charge in [-0.25, -0.2) is 9.78 Å². The number of thiophene rings is 1. The van der Waals surface area contributed by atoms with Crippen LogP contribution in [0.4, 0.5) is 4.79 Å². The molecule has 6 nitrogen and oxygen atoms in total. The van der Waals surface area contributed by atoms with Gasteiger partial charge in [-0.1, -0.05) is 24.3 Å². The van der Waals surface area contributed by atoms with E-state index in [0.29, 0.717) is 17.0 Å². The Kier molecular flexibility index (Phi) is 3.85. The maximum Gasteiger partial charge on any atom is 0.325 e. The van der Waals surface area contributed by atoms with Crippen molar-refractivity contribution in [3.63, 3.8) is 0 Å². The Morgan fingerprint density at radius 3 is 2.82 bits per heavy atom. The van der Waals surface area contributed by atoms with Crippen LogP contribution in [0.5, 0.6) is 0 Å². The molecule has 1 N–H and O–H groups in total. The van der Waals surface area contributed by atoms with Crippen LogP contribution in [-0.4, -0.2) is 21.8 Å². The van der Waals surface area contributed by atoms with Crippen molar-refractivity contribution in [1.29, 1.82) is 0 Å². The predicted octanol–water partition coefficient (Wildman–Crippen LogP) is 4.59. The molecule has 140 valence electrons. The number of carbonyl (C=O) groups is 2. The molecular weight excluding hydrogens is 394 g/mol. The average Bonchev–Trinajstić information content (AvgIpc) is 3.46. The summed E-state index contributed by atoms with van der Waals surface area (Å²) in [6, 6.07) is 12.8. The predicted molar refractivity (Wildman–Crippen MR) is 108 cm³/mol. The number of hydrogen-bond donors (Lipinski definition) is 1. The highest BCUT2D eigenvalue weighted by Crippen LogP contribution is 2.34. The molecule has 0 bridgehead atoms. The Morgan fingerprint density at radius 1 is 1.18 bits per heavy atom. The number of thiazole rings is 1. The number of urea groups is 1. The van der Waals surface area contributed by atoms with Crippen molar-refractivity contribution in [2.75, 3.05) is 0 Å². The lowest BCUT2D eigenvalue weighted by molar-refractivity contribution is -0.132. The summed E-state index contributed by atoms with van der Waals surface area (Å²) in [7, 11) is 0. The topological polar surface area (TPSA) is 75.4 Å². The Hall–Kier alpha value is -2.97. The first-order valence-electron chi connectivity index (χ1n) is 8.66. The largest absolute Gasteiger partial charge is 0.458 e. The number of furan rings is 1. The molecular formula is C20H15N3O3S2. The zero-order valence-electron chi connectivity index (χ0n) is 14.8. The van der Waals surface area contributed by atoms with E-state index < -0.39 is 11.6 Å². The number of carbonyl (C=O) groups excluding carboxylic acids is 2. The third kappa shape index (κ3) is 2.64. The van der Waals surface area contributed by atoms with Gasteiger partial charge in [-0.15, -0.1) is 22.7 Å². The maximum absolute atomic E-state index is 13.1. The first kappa shape index (κ1) is 17.2. The van der Waals surface area contributed by atoms with Crippen LogP contribution >= 0.6 is 22.7 Å². The van der Waals surface area contributed by atoms with Gasteiger partial charge < -0.3 is 9.73 Å². The number of hydrogen-bond acceptors (Lipinski definition) is 6. The Labute approximate surface area is 168 Å². The summed E-state index contributed by atoms with van der Waals surface area (Å²) >= 11 is 3.11. The van der Waals surface area contributed by atoms with E-state index in [2.05, 4.69) is 10.3 Å². The molecule has 1 aliphatic heterocycles. The summed E-state index contributed by atoms with van der Waals surface area (Å²) < 4.78 is 5.85. The lowest BCUT2D eigenvalue weighted by atomic mass is 9.99. The molecule has 1 aromatic carbocycles. The second-order valence-electron chi connectivity index (χ2n) is 6.72. The van der Waals surface area contributed by atoms with E-state index in [9.17, 15) is 9.59 Å². The first-order valence-corrected chi connectivity index (χ1v) is 10.4. The van der Waals surface area contributed by atoms with Crippen molar-refractivity contribution < 1.29 is 14.0 Å². The van der Waals surface area contributed by atoms with E-state index >= 15 is 0 Å². The van der Waals surface area contributed by atoms with Crippen LogP contribution in [0.1, 0.15) is 18.4 Å². The van der Waals surface area contributed by atoms with Gasteiger partial charge in [0.2, 0.25) is 0 Å². The zero-order valence-corrected chi connectivity index (χ0v) is 16.5. The molecule has 1 fully saturated rings. The van der Waals surface area contributed by atoms with E-state index in [4.69, 9.17) is 4.42 Å². The summed E-state index contributed by atoms with van der Waals surface area (Å²) in [4.78, 5) is 32.5. The quantitative estimate of drug-likeness (QED) is 0.501. The van der Waals surface area contributed by atoms with Crippen molar-refractivity contribution in [3.05, 3.63) is 64.7 Å². The Morgan fingerprint density at radius 2 is 2.04 bits per heavy atom. The van der Waals surface area contributed by atoms with Crippen molar-refractivity contribution in [2.24, 2.45) is 0 Å². The molecule has 4 aromatic rings. The molecule has 5 rings (SSSR count). The molecule has 28 heavy (non-hydrogen) atoms. The molecule has 1 atom stereocenters. The molecule has 0 radical (unpaired) electrons. The molecule has 0 unspecified atom stereocenters. The monoisotopic (exact) mass is 409 g/mol. The summed E-state index contributed by atoms with van der Waals surface area (Å²) in [5, 5.41) is 8.43. The van der Waals surface area contributed by atoms with Crippen LogP contribution in [0, 0.1) is 0 Å². The smallest absolute Gasteiger partial charge is 0.325 e. The fourth-order valence-corrected chi connectivity index (χ4v) is 4.92. The average molecular weight is 409 g/mol. The fourth-order valence-electron chi connectivity index (χ4n) is 3.29. The van der Waals surface area contributed by atoms with Gasteiger partial charge in [-0.05, 0) is 30.5 Å². The number of fused-ring (bicyclic) bond motifs is 1. The van der Waals surface area contributed by atoms with E-state index in [-0.39, 0.29) is 12.5 Å². The second kappa shape index (κ2) is 6.29. The van der Waals surface area contributed by atoms with Crippen molar-refractivity contribution in [1.82, 2.24) is 15.2 Å². The number of imide groups is 1. The second-order valence-corrected chi connectivity index (χ2v) is 8.52. The van der Waals surface area contributed by atoms with Gasteiger partial charge >= 0.3 is 6.03 Å². The number of rotatable bonds is 4. The molecule has 1 saturated heterocycles. The van der Waals surface area contributed by atoms with Gasteiger partial charge in [0.05, 0.1) is 17.1 Å². The van der Waals surface area contributed by atoms with E-state index in [1.54, 1.807) is 24.3 Å². The number of para-hydroxylation sites is 1. The van der Waals surface area contributed by atoms with E-state index in [1.807, 2.05) is 47.2 Å². The number of nitrogens with zero attached hydrogens (tertiary/aromatic N) is 2.